The summed E-state index contributed by atoms with van der Waals surface area (Å²) in [7, 11) is 0. The molecule has 0 bridgehead atoms. The highest BCUT2D eigenvalue weighted by atomic mass is 32.1. The van der Waals surface area contributed by atoms with Gasteiger partial charge in [-0.05, 0) is 37.4 Å². The zero-order valence-corrected chi connectivity index (χ0v) is 16.0. The number of benzene rings is 1. The highest BCUT2D eigenvalue weighted by molar-refractivity contribution is 7.10. The fourth-order valence-corrected chi connectivity index (χ4v) is 4.38. The second kappa shape index (κ2) is 8.50. The lowest BCUT2D eigenvalue weighted by atomic mass is 10.1. The van der Waals surface area contributed by atoms with E-state index in [2.05, 4.69) is 32.9 Å². The number of aromatic nitrogens is 1. The van der Waals surface area contributed by atoms with Crippen LogP contribution in [0.4, 0.5) is 0 Å². The second-order valence-electron chi connectivity index (χ2n) is 6.78. The van der Waals surface area contributed by atoms with Crippen LogP contribution < -0.4 is 5.32 Å². The Bertz CT molecular complexity index is 855. The average molecular weight is 382 g/mol. The molecule has 27 heavy (non-hydrogen) atoms. The molecule has 0 radical (unpaired) electrons. The zero-order valence-electron chi connectivity index (χ0n) is 15.1. The van der Waals surface area contributed by atoms with E-state index in [0.29, 0.717) is 18.0 Å². The van der Waals surface area contributed by atoms with Crippen molar-refractivity contribution in [2.24, 2.45) is 0 Å². The molecule has 3 heterocycles. The minimum Gasteiger partial charge on any atom is -0.355 e. The van der Waals surface area contributed by atoms with E-state index in [0.717, 1.165) is 18.7 Å². The molecule has 1 atom stereocenters. The van der Waals surface area contributed by atoms with E-state index in [-0.39, 0.29) is 11.9 Å². The van der Waals surface area contributed by atoms with Crippen LogP contribution in [0.5, 0.6) is 0 Å². The average Bonchev–Trinajstić information content (AvgIpc) is 3.42. The molecule has 3 aromatic rings. The number of thiophene rings is 1. The molecule has 1 aliphatic rings. The van der Waals surface area contributed by atoms with Crippen molar-refractivity contribution in [1.82, 2.24) is 15.4 Å². The number of likely N-dealkylation sites (tertiary alicyclic amines) is 1. The molecule has 5 nitrogen and oxygen atoms in total. The molecule has 2 aromatic heterocycles. The van der Waals surface area contributed by atoms with Gasteiger partial charge in [0.05, 0.1) is 6.04 Å². The molecule has 0 spiro atoms. The molecule has 1 N–H and O–H groups in total. The third kappa shape index (κ3) is 4.28. The van der Waals surface area contributed by atoms with Crippen molar-refractivity contribution in [1.29, 1.82) is 0 Å². The first kappa shape index (κ1) is 17.9. The van der Waals surface area contributed by atoms with Gasteiger partial charge in [-0.25, -0.2) is 0 Å². The Morgan fingerprint density at radius 1 is 1.15 bits per heavy atom. The third-order valence-corrected chi connectivity index (χ3v) is 5.93. The number of carbonyl (C=O) groups excluding carboxylic acids is 1. The van der Waals surface area contributed by atoms with Gasteiger partial charge in [0.25, 0.3) is 5.91 Å². The number of carbonyl (C=O) groups is 1. The Labute approximate surface area is 163 Å². The van der Waals surface area contributed by atoms with Gasteiger partial charge < -0.3 is 9.84 Å². The predicted octanol–water partition coefficient (Wildman–Crippen LogP) is 4.36. The van der Waals surface area contributed by atoms with E-state index < -0.39 is 0 Å². The maximum absolute atomic E-state index is 12.6. The van der Waals surface area contributed by atoms with Gasteiger partial charge >= 0.3 is 0 Å². The van der Waals surface area contributed by atoms with E-state index in [1.54, 1.807) is 17.4 Å². The fourth-order valence-electron chi connectivity index (χ4n) is 3.52. The van der Waals surface area contributed by atoms with Crippen LogP contribution in [0.1, 0.15) is 40.7 Å². The Morgan fingerprint density at radius 2 is 1.96 bits per heavy atom. The quantitative estimate of drug-likeness (QED) is 0.689. The molecular weight excluding hydrogens is 358 g/mol. The van der Waals surface area contributed by atoms with Crippen molar-refractivity contribution in [2.75, 3.05) is 19.6 Å². The molecule has 0 unspecified atom stereocenters. The van der Waals surface area contributed by atoms with Crippen LogP contribution in [0.15, 0.2) is 58.4 Å². The monoisotopic (exact) mass is 381 g/mol. The van der Waals surface area contributed by atoms with E-state index in [1.807, 2.05) is 30.3 Å². The number of amides is 1. The summed E-state index contributed by atoms with van der Waals surface area (Å²) in [5.41, 5.74) is 1.23. The highest BCUT2D eigenvalue weighted by Crippen LogP contribution is 2.27. The number of piperidine rings is 1. The molecule has 0 aliphatic carbocycles. The lowest BCUT2D eigenvalue weighted by molar-refractivity contribution is 0.0917. The standard InChI is InChI=1S/C21H23N3O2S/c25-21(17-14-19(26-23-17)16-8-3-1-4-9-16)22-15-18(20-10-7-13-27-20)24-11-5-2-6-12-24/h1,3-4,7-10,13-14,18H,2,5-6,11-12,15H2,(H,22,25)/t18-/m0/s1. The van der Waals surface area contributed by atoms with Gasteiger partial charge in [0, 0.05) is 23.1 Å². The Balaban J connectivity index is 1.43. The van der Waals surface area contributed by atoms with Crippen molar-refractivity contribution in [3.8, 4) is 11.3 Å². The molecule has 1 aromatic carbocycles. The zero-order chi connectivity index (χ0) is 18.5. The normalized spacial score (nSPS) is 16.1. The third-order valence-electron chi connectivity index (χ3n) is 4.96. The Hall–Kier alpha value is -2.44. The van der Waals surface area contributed by atoms with Gasteiger partial charge in [-0.2, -0.15) is 0 Å². The SMILES string of the molecule is O=C(NC[C@@H](c1cccs1)N1CCCCC1)c1cc(-c2ccccc2)on1. The van der Waals surface area contributed by atoms with Crippen LogP contribution in [0, 0.1) is 0 Å². The Kier molecular flexibility index (Phi) is 5.65. The highest BCUT2D eigenvalue weighted by Gasteiger charge is 2.24. The summed E-state index contributed by atoms with van der Waals surface area (Å²) in [4.78, 5) is 16.4. The number of hydrogen-bond donors (Lipinski definition) is 1. The van der Waals surface area contributed by atoms with Gasteiger partial charge in [-0.15, -0.1) is 11.3 Å². The molecule has 4 rings (SSSR count). The van der Waals surface area contributed by atoms with Crippen molar-refractivity contribution in [2.45, 2.75) is 25.3 Å². The van der Waals surface area contributed by atoms with Gasteiger partial charge in [-0.1, -0.05) is 48.0 Å². The maximum atomic E-state index is 12.6. The first-order valence-electron chi connectivity index (χ1n) is 9.39. The van der Waals surface area contributed by atoms with Crippen LogP contribution in [0.25, 0.3) is 11.3 Å². The molecule has 1 amide bonds. The van der Waals surface area contributed by atoms with E-state index in [4.69, 9.17) is 4.52 Å². The summed E-state index contributed by atoms with van der Waals surface area (Å²) < 4.78 is 5.35. The van der Waals surface area contributed by atoms with Gasteiger partial charge in [-0.3, -0.25) is 9.69 Å². The minimum absolute atomic E-state index is 0.195. The van der Waals surface area contributed by atoms with Gasteiger partial charge in [0.2, 0.25) is 0 Å². The Morgan fingerprint density at radius 3 is 2.70 bits per heavy atom. The van der Waals surface area contributed by atoms with Crippen molar-refractivity contribution < 1.29 is 9.32 Å². The van der Waals surface area contributed by atoms with E-state index in [1.165, 1.54) is 24.1 Å². The van der Waals surface area contributed by atoms with E-state index in [9.17, 15) is 4.79 Å². The molecule has 6 heteroatoms. The lowest BCUT2D eigenvalue weighted by Gasteiger charge is -2.34. The largest absolute Gasteiger partial charge is 0.355 e. The number of hydrogen-bond acceptors (Lipinski definition) is 5. The molecule has 1 aliphatic heterocycles. The van der Waals surface area contributed by atoms with Gasteiger partial charge in [0.1, 0.15) is 0 Å². The van der Waals surface area contributed by atoms with Crippen molar-refractivity contribution in [3.63, 3.8) is 0 Å². The molecule has 1 saturated heterocycles. The first-order chi connectivity index (χ1) is 13.3. The molecule has 140 valence electrons. The van der Waals surface area contributed by atoms with Crippen molar-refractivity contribution >= 4 is 17.2 Å². The molecular formula is C21H23N3O2S. The number of rotatable bonds is 6. The van der Waals surface area contributed by atoms with Crippen LogP contribution in [0.3, 0.4) is 0 Å². The maximum Gasteiger partial charge on any atom is 0.273 e. The first-order valence-corrected chi connectivity index (χ1v) is 10.3. The summed E-state index contributed by atoms with van der Waals surface area (Å²) in [5.74, 6) is 0.408. The van der Waals surface area contributed by atoms with Gasteiger partial charge in [0.15, 0.2) is 11.5 Å². The van der Waals surface area contributed by atoms with E-state index >= 15 is 0 Å². The van der Waals surface area contributed by atoms with Crippen LogP contribution in [0.2, 0.25) is 0 Å². The number of nitrogens with zero attached hydrogens (tertiary/aromatic N) is 2. The summed E-state index contributed by atoms with van der Waals surface area (Å²) in [5, 5.41) is 9.10. The summed E-state index contributed by atoms with van der Waals surface area (Å²) >= 11 is 1.75. The lowest BCUT2D eigenvalue weighted by Crippen LogP contribution is -2.40. The summed E-state index contributed by atoms with van der Waals surface area (Å²) in [6.07, 6.45) is 3.74. The second-order valence-corrected chi connectivity index (χ2v) is 7.76. The van der Waals surface area contributed by atoms with Crippen LogP contribution in [-0.4, -0.2) is 35.6 Å². The summed E-state index contributed by atoms with van der Waals surface area (Å²) in [6.45, 7) is 2.74. The molecule has 1 fully saturated rings. The van der Waals surface area contributed by atoms with Crippen LogP contribution >= 0.6 is 11.3 Å². The van der Waals surface area contributed by atoms with Crippen LogP contribution in [-0.2, 0) is 0 Å². The number of nitrogens with one attached hydrogen (secondary N) is 1. The topological polar surface area (TPSA) is 58.4 Å². The molecule has 0 saturated carbocycles. The van der Waals surface area contributed by atoms with Crippen molar-refractivity contribution in [3.05, 3.63) is 64.5 Å². The smallest absolute Gasteiger partial charge is 0.273 e. The predicted molar refractivity (Wildman–Crippen MR) is 107 cm³/mol. The minimum atomic E-state index is -0.195. The summed E-state index contributed by atoms with van der Waals surface area (Å²) in [6, 6.07) is 15.8. The fraction of sp³-hybridized carbons (Fsp3) is 0.333.